The quantitative estimate of drug-likeness (QED) is 0.721. The van der Waals surface area contributed by atoms with Crippen molar-refractivity contribution < 1.29 is 4.79 Å². The third-order valence-corrected chi connectivity index (χ3v) is 6.41. The van der Waals surface area contributed by atoms with Gasteiger partial charge in [0.2, 0.25) is 5.91 Å². The number of rotatable bonds is 4. The molecule has 0 bridgehead atoms. The predicted octanol–water partition coefficient (Wildman–Crippen LogP) is 5.16. The van der Waals surface area contributed by atoms with Crippen LogP contribution in [0.1, 0.15) is 42.7 Å². The molecule has 3 rings (SSSR count). The fraction of sp³-hybridized carbons (Fsp3) is 0.381. The van der Waals surface area contributed by atoms with E-state index in [2.05, 4.69) is 18.3 Å². The Morgan fingerprint density at radius 2 is 2.26 bits per heavy atom. The molecule has 4 nitrogen and oxygen atoms in total. The Morgan fingerprint density at radius 3 is 3.00 bits per heavy atom. The van der Waals surface area contributed by atoms with Crippen LogP contribution in [-0.2, 0) is 17.6 Å². The molecule has 1 aromatic carbocycles. The van der Waals surface area contributed by atoms with Gasteiger partial charge in [0.15, 0.2) is 0 Å². The minimum absolute atomic E-state index is 0.137. The van der Waals surface area contributed by atoms with E-state index in [1.807, 2.05) is 32.0 Å². The van der Waals surface area contributed by atoms with Gasteiger partial charge in [0, 0.05) is 16.4 Å². The number of fused-ring (bicyclic) bond motifs is 1. The van der Waals surface area contributed by atoms with Crippen molar-refractivity contribution in [3.8, 4) is 6.07 Å². The topological polar surface area (TPSA) is 65.8 Å². The van der Waals surface area contributed by atoms with E-state index in [1.165, 1.54) is 17.3 Å². The molecule has 2 unspecified atom stereocenters. The molecule has 0 aliphatic heterocycles. The number of amides is 1. The Labute approximate surface area is 169 Å². The van der Waals surface area contributed by atoms with E-state index in [4.69, 9.17) is 16.6 Å². The Balaban J connectivity index is 1.77. The van der Waals surface area contributed by atoms with E-state index in [9.17, 15) is 10.1 Å². The van der Waals surface area contributed by atoms with Crippen molar-refractivity contribution in [2.75, 3.05) is 5.32 Å². The minimum Gasteiger partial charge on any atom is -0.325 e. The van der Waals surface area contributed by atoms with Crippen molar-refractivity contribution in [3.05, 3.63) is 51.7 Å². The van der Waals surface area contributed by atoms with Gasteiger partial charge in [-0.2, -0.15) is 5.26 Å². The van der Waals surface area contributed by atoms with Crippen LogP contribution >= 0.6 is 23.4 Å². The lowest BCUT2D eigenvalue weighted by atomic mass is 9.87. The van der Waals surface area contributed by atoms with Crippen LogP contribution in [0, 0.1) is 24.2 Å². The summed E-state index contributed by atoms with van der Waals surface area (Å²) in [4.78, 5) is 17.3. The average Bonchev–Trinajstić information content (AvgIpc) is 2.65. The maximum absolute atomic E-state index is 12.6. The summed E-state index contributed by atoms with van der Waals surface area (Å²) < 4.78 is 0. The van der Waals surface area contributed by atoms with Gasteiger partial charge >= 0.3 is 0 Å². The molecule has 140 valence electrons. The van der Waals surface area contributed by atoms with Gasteiger partial charge in [-0.3, -0.25) is 4.79 Å². The standard InChI is InChI=1S/C21H22ClN3OS/c1-12-7-8-19-15(9-12)10-16(11-23)21(25-19)27-14(3)20(26)24-18-6-4-5-17(22)13(18)2/h4-6,10,12,14H,7-9H2,1-3H3,(H,24,26). The largest absolute Gasteiger partial charge is 0.325 e. The van der Waals surface area contributed by atoms with Crippen LogP contribution in [0.25, 0.3) is 0 Å². The number of aryl methyl sites for hydroxylation is 1. The van der Waals surface area contributed by atoms with Crippen LogP contribution in [0.5, 0.6) is 0 Å². The molecule has 27 heavy (non-hydrogen) atoms. The molecule has 1 N–H and O–H groups in total. The Kier molecular flexibility index (Phi) is 6.08. The first-order valence-corrected chi connectivity index (χ1v) is 10.3. The highest BCUT2D eigenvalue weighted by molar-refractivity contribution is 8.00. The van der Waals surface area contributed by atoms with Gasteiger partial charge in [-0.1, -0.05) is 36.4 Å². The number of nitriles is 1. The summed E-state index contributed by atoms with van der Waals surface area (Å²) in [7, 11) is 0. The Morgan fingerprint density at radius 1 is 1.48 bits per heavy atom. The zero-order valence-corrected chi connectivity index (χ0v) is 17.2. The molecule has 0 spiro atoms. The van der Waals surface area contributed by atoms with Gasteiger partial charge in [-0.25, -0.2) is 4.98 Å². The van der Waals surface area contributed by atoms with E-state index in [-0.39, 0.29) is 11.2 Å². The summed E-state index contributed by atoms with van der Waals surface area (Å²) in [6.07, 6.45) is 3.00. The van der Waals surface area contributed by atoms with Crippen molar-refractivity contribution in [1.82, 2.24) is 4.98 Å². The zero-order chi connectivity index (χ0) is 19.6. The number of halogens is 1. The Hall–Kier alpha value is -2.03. The van der Waals surface area contributed by atoms with Gasteiger partial charge in [-0.05, 0) is 68.4 Å². The van der Waals surface area contributed by atoms with E-state index >= 15 is 0 Å². The van der Waals surface area contributed by atoms with E-state index in [0.29, 0.717) is 27.2 Å². The number of carbonyl (C=O) groups excluding carboxylic acids is 1. The average molecular weight is 400 g/mol. The highest BCUT2D eigenvalue weighted by atomic mass is 35.5. The number of carbonyl (C=O) groups is 1. The predicted molar refractivity (Wildman–Crippen MR) is 110 cm³/mol. The second-order valence-corrected chi connectivity index (χ2v) is 8.81. The fourth-order valence-electron chi connectivity index (χ4n) is 3.20. The summed E-state index contributed by atoms with van der Waals surface area (Å²) in [6, 6.07) is 9.62. The van der Waals surface area contributed by atoms with Gasteiger partial charge in [0.25, 0.3) is 0 Å². The number of nitrogens with one attached hydrogen (secondary N) is 1. The maximum Gasteiger partial charge on any atom is 0.237 e. The molecule has 1 aliphatic carbocycles. The molecular formula is C21H22ClN3OS. The molecule has 1 aliphatic rings. The van der Waals surface area contributed by atoms with E-state index in [1.54, 1.807) is 6.07 Å². The second-order valence-electron chi connectivity index (χ2n) is 7.07. The zero-order valence-electron chi connectivity index (χ0n) is 15.7. The molecular weight excluding hydrogens is 378 g/mol. The van der Waals surface area contributed by atoms with Crippen LogP contribution in [0.4, 0.5) is 5.69 Å². The second kappa shape index (κ2) is 8.33. The SMILES string of the molecule is Cc1c(Cl)cccc1NC(=O)C(C)Sc1nc2c(cc1C#N)CC(C)CC2. The number of benzene rings is 1. The van der Waals surface area contributed by atoms with Crippen LogP contribution in [0.15, 0.2) is 29.3 Å². The third kappa shape index (κ3) is 4.45. The Bertz CT molecular complexity index is 922. The number of anilines is 1. The summed E-state index contributed by atoms with van der Waals surface area (Å²) in [6.45, 7) is 5.92. The monoisotopic (exact) mass is 399 g/mol. The van der Waals surface area contributed by atoms with E-state index in [0.717, 1.165) is 30.5 Å². The highest BCUT2D eigenvalue weighted by Crippen LogP contribution is 2.32. The van der Waals surface area contributed by atoms with E-state index < -0.39 is 0 Å². The molecule has 2 aromatic rings. The van der Waals surface area contributed by atoms with Crippen molar-refractivity contribution in [1.29, 1.82) is 5.26 Å². The molecule has 6 heteroatoms. The maximum atomic E-state index is 12.6. The normalized spacial score (nSPS) is 16.9. The molecule has 1 heterocycles. The van der Waals surface area contributed by atoms with Crippen LogP contribution in [-0.4, -0.2) is 16.1 Å². The smallest absolute Gasteiger partial charge is 0.237 e. The molecule has 0 fully saturated rings. The first kappa shape index (κ1) is 19.7. The molecule has 0 saturated heterocycles. The lowest BCUT2D eigenvalue weighted by Crippen LogP contribution is -2.23. The van der Waals surface area contributed by atoms with Crippen LogP contribution < -0.4 is 5.32 Å². The molecule has 0 radical (unpaired) electrons. The van der Waals surface area contributed by atoms with Gasteiger partial charge in [-0.15, -0.1) is 0 Å². The number of thioether (sulfide) groups is 1. The number of nitrogens with zero attached hydrogens (tertiary/aromatic N) is 2. The lowest BCUT2D eigenvalue weighted by Gasteiger charge is -2.22. The first-order valence-electron chi connectivity index (χ1n) is 9.04. The number of aromatic nitrogens is 1. The van der Waals surface area contributed by atoms with Crippen LogP contribution in [0.3, 0.4) is 0 Å². The van der Waals surface area contributed by atoms with Gasteiger partial charge in [0.05, 0.1) is 10.8 Å². The van der Waals surface area contributed by atoms with Crippen molar-refractivity contribution >= 4 is 35.0 Å². The first-order chi connectivity index (χ1) is 12.9. The van der Waals surface area contributed by atoms with Crippen LogP contribution in [0.2, 0.25) is 5.02 Å². The minimum atomic E-state index is -0.386. The number of hydrogen-bond acceptors (Lipinski definition) is 4. The highest BCUT2D eigenvalue weighted by Gasteiger charge is 2.22. The number of pyridine rings is 1. The summed E-state index contributed by atoms with van der Waals surface area (Å²) in [5.74, 6) is 0.484. The number of hydrogen-bond donors (Lipinski definition) is 1. The lowest BCUT2D eigenvalue weighted by molar-refractivity contribution is -0.115. The van der Waals surface area contributed by atoms with Crippen molar-refractivity contribution in [2.45, 2.75) is 50.3 Å². The molecule has 1 amide bonds. The van der Waals surface area contributed by atoms with Gasteiger partial charge < -0.3 is 5.32 Å². The van der Waals surface area contributed by atoms with Crippen molar-refractivity contribution in [2.24, 2.45) is 5.92 Å². The van der Waals surface area contributed by atoms with Gasteiger partial charge in [0.1, 0.15) is 11.1 Å². The fourth-order valence-corrected chi connectivity index (χ4v) is 4.27. The van der Waals surface area contributed by atoms with Crippen molar-refractivity contribution in [3.63, 3.8) is 0 Å². The summed E-state index contributed by atoms with van der Waals surface area (Å²) in [5.41, 5.74) is 4.32. The third-order valence-electron chi connectivity index (χ3n) is 4.90. The molecule has 1 aromatic heterocycles. The summed E-state index contributed by atoms with van der Waals surface area (Å²) in [5, 5.41) is 13.3. The molecule has 2 atom stereocenters. The summed E-state index contributed by atoms with van der Waals surface area (Å²) >= 11 is 7.45. The molecule has 0 saturated carbocycles.